The molecule has 4 rings (SSSR count). The average molecular weight is 564 g/mol. The molecule has 11 nitrogen and oxygen atoms in total. The summed E-state index contributed by atoms with van der Waals surface area (Å²) >= 11 is 2.48. The molecule has 37 heavy (non-hydrogen) atoms. The monoisotopic (exact) mass is 563 g/mol. The molecular weight excluding hydrogens is 534 g/mol. The summed E-state index contributed by atoms with van der Waals surface area (Å²) in [6.07, 6.45) is 8.13. The maximum Gasteiger partial charge on any atom is 0.325 e. The van der Waals surface area contributed by atoms with Crippen LogP contribution >= 0.6 is 23.1 Å². The van der Waals surface area contributed by atoms with E-state index in [-0.39, 0.29) is 23.4 Å². The third kappa shape index (κ3) is 7.31. The maximum absolute atomic E-state index is 13.3. The molecule has 3 aromatic rings. The number of carbonyl (C=O) groups is 2. The number of benzene rings is 1. The number of imidazole rings is 1. The normalized spacial score (nSPS) is 14.0. The van der Waals surface area contributed by atoms with Gasteiger partial charge in [0.2, 0.25) is 10.0 Å². The first-order valence-corrected chi connectivity index (χ1v) is 15.2. The Morgan fingerprint density at radius 3 is 2.62 bits per heavy atom. The summed E-state index contributed by atoms with van der Waals surface area (Å²) < 4.78 is 26.3. The summed E-state index contributed by atoms with van der Waals surface area (Å²) in [7, 11) is 0.359. The van der Waals surface area contributed by atoms with E-state index >= 15 is 0 Å². The number of amides is 2. The molecule has 0 spiro atoms. The van der Waals surface area contributed by atoms with E-state index in [9.17, 15) is 18.0 Å². The van der Waals surface area contributed by atoms with Crippen molar-refractivity contribution in [2.75, 3.05) is 35.9 Å². The summed E-state index contributed by atoms with van der Waals surface area (Å²) in [5.74, 6) is 0.00286. The number of thiazole rings is 1. The standard InChI is InChI=1S/C23H29N7O4S3/c1-30(2)15-8-9-17(16(12-15)19(31)14-6-4-5-7-14)27-21(32)29-23-28-18(13-26-37(3,33)34)20(36-23)35-22-24-10-11-25-22/h8-12,14,26H,4-7,13H2,1-3H3,(H,24,25)(H2,27,28,29,32). The number of sulfonamides is 1. The first kappa shape index (κ1) is 27.1. The Balaban J connectivity index is 1.53. The molecule has 1 saturated carbocycles. The minimum absolute atomic E-state index is 0.0340. The van der Waals surface area contributed by atoms with Crippen LogP contribution in [0.25, 0.3) is 0 Å². The number of aromatic amines is 1. The van der Waals surface area contributed by atoms with Crippen molar-refractivity contribution in [2.45, 2.75) is 41.6 Å². The molecule has 1 aliphatic rings. The Labute approximate surface area is 223 Å². The first-order valence-electron chi connectivity index (χ1n) is 11.6. The highest BCUT2D eigenvalue weighted by Crippen LogP contribution is 2.36. The molecule has 0 unspecified atom stereocenters. The van der Waals surface area contributed by atoms with E-state index in [0.717, 1.165) is 37.6 Å². The highest BCUT2D eigenvalue weighted by molar-refractivity contribution is 8.01. The minimum atomic E-state index is -3.44. The number of urea groups is 1. The molecule has 1 aromatic carbocycles. The van der Waals surface area contributed by atoms with Crippen molar-refractivity contribution in [2.24, 2.45) is 5.92 Å². The summed E-state index contributed by atoms with van der Waals surface area (Å²) in [5.41, 5.74) is 2.25. The Kier molecular flexibility index (Phi) is 8.52. The van der Waals surface area contributed by atoms with Crippen LogP contribution in [-0.2, 0) is 16.6 Å². The molecule has 2 amide bonds. The van der Waals surface area contributed by atoms with E-state index < -0.39 is 16.1 Å². The van der Waals surface area contributed by atoms with Crippen molar-refractivity contribution in [3.05, 3.63) is 41.9 Å². The SMILES string of the molecule is CN(C)c1ccc(NC(=O)Nc2nc(CNS(C)(=O)=O)c(Sc3ncc[nH]3)s2)c(C(=O)C2CCCC2)c1. The lowest BCUT2D eigenvalue weighted by Gasteiger charge is -2.18. The lowest BCUT2D eigenvalue weighted by molar-refractivity contribution is 0.0923. The van der Waals surface area contributed by atoms with E-state index in [0.29, 0.717) is 26.3 Å². The molecule has 198 valence electrons. The largest absolute Gasteiger partial charge is 0.378 e. The molecule has 4 N–H and O–H groups in total. The topological polar surface area (TPSA) is 149 Å². The van der Waals surface area contributed by atoms with Gasteiger partial charge in [0.05, 0.1) is 28.4 Å². The fourth-order valence-electron chi connectivity index (χ4n) is 3.96. The van der Waals surface area contributed by atoms with E-state index in [1.165, 1.54) is 23.1 Å². The number of rotatable bonds is 10. The number of carbonyl (C=O) groups excluding carboxylic acids is 2. The molecule has 1 fully saturated rings. The number of H-pyrrole nitrogens is 1. The smallest absolute Gasteiger partial charge is 0.325 e. The summed E-state index contributed by atoms with van der Waals surface area (Å²) in [6.45, 7) is -0.0340. The minimum Gasteiger partial charge on any atom is -0.378 e. The zero-order valence-electron chi connectivity index (χ0n) is 20.7. The molecule has 0 aliphatic heterocycles. The number of Topliss-reactive ketones (excluding diaryl/α,β-unsaturated/α-hetero) is 1. The first-order chi connectivity index (χ1) is 17.6. The number of hydrogen-bond acceptors (Lipinski definition) is 9. The summed E-state index contributed by atoms with van der Waals surface area (Å²) in [5, 5.41) is 6.41. The predicted octanol–water partition coefficient (Wildman–Crippen LogP) is 4.15. The van der Waals surface area contributed by atoms with E-state index in [4.69, 9.17) is 0 Å². The highest BCUT2D eigenvalue weighted by atomic mass is 32.2. The molecule has 2 aromatic heterocycles. The average Bonchev–Trinajstić information content (AvgIpc) is 3.60. The Morgan fingerprint density at radius 1 is 1.22 bits per heavy atom. The van der Waals surface area contributed by atoms with Crippen molar-refractivity contribution in [1.82, 2.24) is 19.7 Å². The summed E-state index contributed by atoms with van der Waals surface area (Å²) in [6, 6.07) is 4.84. The van der Waals surface area contributed by atoms with Gasteiger partial charge in [-0.25, -0.2) is 27.9 Å². The van der Waals surface area contributed by atoms with Crippen molar-refractivity contribution >= 4 is 61.4 Å². The van der Waals surface area contributed by atoms with Crippen LogP contribution in [0, 0.1) is 5.92 Å². The Morgan fingerprint density at radius 2 is 1.97 bits per heavy atom. The molecule has 2 heterocycles. The molecular formula is C23H29N7O4S3. The number of nitrogens with one attached hydrogen (secondary N) is 4. The van der Waals surface area contributed by atoms with Crippen molar-refractivity contribution < 1.29 is 18.0 Å². The fraction of sp³-hybridized carbons (Fsp3) is 0.391. The van der Waals surface area contributed by atoms with Crippen LogP contribution in [0.2, 0.25) is 0 Å². The zero-order chi connectivity index (χ0) is 26.6. The number of anilines is 3. The van der Waals surface area contributed by atoms with Crippen LogP contribution in [0.15, 0.2) is 40.0 Å². The Bertz CT molecular complexity index is 1360. The lowest BCUT2D eigenvalue weighted by Crippen LogP contribution is -2.23. The molecule has 14 heteroatoms. The van der Waals surface area contributed by atoms with Crippen molar-refractivity contribution in [3.63, 3.8) is 0 Å². The van der Waals surface area contributed by atoms with Crippen LogP contribution in [-0.4, -0.2) is 55.5 Å². The van der Waals surface area contributed by atoms with Crippen LogP contribution in [0.5, 0.6) is 0 Å². The van der Waals surface area contributed by atoms with Crippen LogP contribution in [0.4, 0.5) is 21.3 Å². The quantitative estimate of drug-likeness (QED) is 0.269. The maximum atomic E-state index is 13.3. The molecule has 1 aliphatic carbocycles. The predicted molar refractivity (Wildman–Crippen MR) is 146 cm³/mol. The van der Waals surface area contributed by atoms with Gasteiger partial charge in [0.25, 0.3) is 0 Å². The van der Waals surface area contributed by atoms with Gasteiger partial charge in [0.1, 0.15) is 0 Å². The fourth-order valence-corrected chi connectivity index (χ4v) is 6.36. The summed E-state index contributed by atoms with van der Waals surface area (Å²) in [4.78, 5) is 39.7. The van der Waals surface area contributed by atoms with Gasteiger partial charge >= 0.3 is 6.03 Å². The second-order valence-electron chi connectivity index (χ2n) is 8.89. The van der Waals surface area contributed by atoms with Crippen molar-refractivity contribution in [3.8, 4) is 0 Å². The van der Waals surface area contributed by atoms with Crippen LogP contribution in [0.1, 0.15) is 41.7 Å². The lowest BCUT2D eigenvalue weighted by atomic mass is 9.94. The molecule has 0 bridgehead atoms. The van der Waals surface area contributed by atoms with Crippen LogP contribution < -0.4 is 20.3 Å². The second kappa shape index (κ2) is 11.6. The molecule has 0 atom stereocenters. The number of nitrogens with zero attached hydrogens (tertiary/aromatic N) is 3. The number of ketones is 1. The van der Waals surface area contributed by atoms with Crippen molar-refractivity contribution in [1.29, 1.82) is 0 Å². The molecule has 0 radical (unpaired) electrons. The van der Waals surface area contributed by atoms with E-state index in [1.54, 1.807) is 18.5 Å². The zero-order valence-corrected chi connectivity index (χ0v) is 23.1. The van der Waals surface area contributed by atoms with Gasteiger partial charge in [-0.2, -0.15) is 0 Å². The Hall–Kier alpha value is -2.94. The third-order valence-corrected chi connectivity index (χ3v) is 8.62. The van der Waals surface area contributed by atoms with Gasteiger partial charge in [-0.3, -0.25) is 10.1 Å². The number of aromatic nitrogens is 3. The van der Waals surface area contributed by atoms with Gasteiger partial charge in [0, 0.05) is 43.7 Å². The van der Waals surface area contributed by atoms with Gasteiger partial charge < -0.3 is 15.2 Å². The third-order valence-electron chi connectivity index (χ3n) is 5.81. The van der Waals surface area contributed by atoms with Crippen LogP contribution in [0.3, 0.4) is 0 Å². The highest BCUT2D eigenvalue weighted by Gasteiger charge is 2.27. The van der Waals surface area contributed by atoms with E-state index in [1.807, 2.05) is 31.1 Å². The molecule has 0 saturated heterocycles. The van der Waals surface area contributed by atoms with Gasteiger partial charge in [-0.15, -0.1) is 0 Å². The number of hydrogen-bond donors (Lipinski definition) is 4. The van der Waals surface area contributed by atoms with Gasteiger partial charge in [0.15, 0.2) is 16.1 Å². The van der Waals surface area contributed by atoms with Gasteiger partial charge in [-0.05, 0) is 42.8 Å². The van der Waals surface area contributed by atoms with Gasteiger partial charge in [-0.1, -0.05) is 24.2 Å². The second-order valence-corrected chi connectivity index (χ2v) is 13.0. The van der Waals surface area contributed by atoms with E-state index in [2.05, 4.69) is 30.3 Å².